The van der Waals surface area contributed by atoms with Crippen molar-refractivity contribution in [2.24, 2.45) is 0 Å². The lowest BCUT2D eigenvalue weighted by Gasteiger charge is -2.12. The van der Waals surface area contributed by atoms with Crippen LogP contribution in [-0.2, 0) is 0 Å². The standard InChI is InChI=1S/C16H17N3O2/c1-11-4-5-12(2)19(11)18-16(20)14-6-8-15(9-7-14)21-13(3)10-17/h4-9,13H,1-3H3,(H,18,20)/t13-/m1/s1. The lowest BCUT2D eigenvalue weighted by atomic mass is 10.2. The van der Waals surface area contributed by atoms with Gasteiger partial charge in [-0.15, -0.1) is 0 Å². The molecule has 0 fully saturated rings. The van der Waals surface area contributed by atoms with Crippen molar-refractivity contribution >= 4 is 5.91 Å². The molecule has 0 saturated heterocycles. The van der Waals surface area contributed by atoms with Crippen LogP contribution < -0.4 is 10.2 Å². The van der Waals surface area contributed by atoms with E-state index in [9.17, 15) is 4.79 Å². The minimum Gasteiger partial charge on any atom is -0.476 e. The number of nitrogens with one attached hydrogen (secondary N) is 1. The SMILES string of the molecule is Cc1ccc(C)n1NC(=O)c1ccc(O[C@H](C)C#N)cc1. The summed E-state index contributed by atoms with van der Waals surface area (Å²) in [5.41, 5.74) is 5.28. The number of aromatic nitrogens is 1. The second-order valence-corrected chi connectivity index (χ2v) is 4.81. The van der Waals surface area contributed by atoms with Crippen LogP contribution in [0.1, 0.15) is 28.7 Å². The van der Waals surface area contributed by atoms with Gasteiger partial charge in [-0.3, -0.25) is 14.9 Å². The van der Waals surface area contributed by atoms with E-state index in [4.69, 9.17) is 10.00 Å². The van der Waals surface area contributed by atoms with E-state index in [0.717, 1.165) is 11.4 Å². The molecule has 1 heterocycles. The minimum absolute atomic E-state index is 0.197. The maximum Gasteiger partial charge on any atom is 0.270 e. The summed E-state index contributed by atoms with van der Waals surface area (Å²) in [5.74, 6) is 0.367. The summed E-state index contributed by atoms with van der Waals surface area (Å²) in [7, 11) is 0. The van der Waals surface area contributed by atoms with Crippen LogP contribution in [0.2, 0.25) is 0 Å². The van der Waals surface area contributed by atoms with Crippen molar-refractivity contribution < 1.29 is 9.53 Å². The Labute approximate surface area is 123 Å². The summed E-state index contributed by atoms with van der Waals surface area (Å²) in [6, 6.07) is 12.6. The van der Waals surface area contributed by atoms with Crippen LogP contribution >= 0.6 is 0 Å². The Bertz CT molecular complexity index is 661. The Kier molecular flexibility index (Phi) is 4.29. The lowest BCUT2D eigenvalue weighted by molar-refractivity contribution is 0.101. The molecule has 5 heteroatoms. The van der Waals surface area contributed by atoms with Gasteiger partial charge in [-0.25, -0.2) is 0 Å². The van der Waals surface area contributed by atoms with Gasteiger partial charge in [-0.05, 0) is 57.2 Å². The van der Waals surface area contributed by atoms with Crippen molar-refractivity contribution in [2.75, 3.05) is 5.43 Å². The number of carbonyl (C=O) groups is 1. The minimum atomic E-state index is -0.519. The fraction of sp³-hybridized carbons (Fsp3) is 0.250. The second-order valence-electron chi connectivity index (χ2n) is 4.81. The largest absolute Gasteiger partial charge is 0.476 e. The molecule has 2 aromatic rings. The highest BCUT2D eigenvalue weighted by molar-refractivity contribution is 6.00. The molecule has 1 atom stereocenters. The third kappa shape index (κ3) is 3.42. The topological polar surface area (TPSA) is 67.1 Å². The zero-order valence-corrected chi connectivity index (χ0v) is 12.3. The van der Waals surface area contributed by atoms with Gasteiger partial charge in [-0.2, -0.15) is 5.26 Å². The molecule has 5 nitrogen and oxygen atoms in total. The number of nitriles is 1. The second kappa shape index (κ2) is 6.14. The molecule has 1 aromatic carbocycles. The van der Waals surface area contributed by atoms with Crippen molar-refractivity contribution in [3.8, 4) is 11.8 Å². The van der Waals surface area contributed by atoms with Gasteiger partial charge < -0.3 is 4.74 Å². The molecule has 21 heavy (non-hydrogen) atoms. The number of aryl methyl sites for hydroxylation is 2. The number of amides is 1. The van der Waals surface area contributed by atoms with E-state index in [0.29, 0.717) is 11.3 Å². The van der Waals surface area contributed by atoms with Crippen molar-refractivity contribution in [1.82, 2.24) is 4.68 Å². The van der Waals surface area contributed by atoms with Gasteiger partial charge in [0.2, 0.25) is 0 Å². The fourth-order valence-electron chi connectivity index (χ4n) is 1.93. The third-order valence-corrected chi connectivity index (χ3v) is 3.10. The lowest BCUT2D eigenvalue weighted by Crippen LogP contribution is -2.24. The van der Waals surface area contributed by atoms with Crippen LogP contribution in [0.4, 0.5) is 0 Å². The fourth-order valence-corrected chi connectivity index (χ4v) is 1.93. The summed E-state index contributed by atoms with van der Waals surface area (Å²) in [6.45, 7) is 5.51. The molecular weight excluding hydrogens is 266 g/mol. The van der Waals surface area contributed by atoms with E-state index in [1.54, 1.807) is 35.9 Å². The predicted octanol–water partition coefficient (Wildman–Crippen LogP) is 2.78. The summed E-state index contributed by atoms with van der Waals surface area (Å²) in [5, 5.41) is 8.69. The van der Waals surface area contributed by atoms with Gasteiger partial charge in [0.25, 0.3) is 5.91 Å². The molecule has 108 valence electrons. The quantitative estimate of drug-likeness (QED) is 0.938. The molecule has 0 unspecified atom stereocenters. The number of benzene rings is 1. The molecular formula is C16H17N3O2. The first kappa shape index (κ1) is 14.7. The highest BCUT2D eigenvalue weighted by Gasteiger charge is 2.09. The maximum atomic E-state index is 12.2. The monoisotopic (exact) mass is 283 g/mol. The summed E-state index contributed by atoms with van der Waals surface area (Å²) in [6.07, 6.45) is -0.519. The first-order chi connectivity index (χ1) is 10.0. The van der Waals surface area contributed by atoms with Crippen LogP contribution in [0.5, 0.6) is 5.75 Å². The molecule has 0 aliphatic rings. The molecule has 1 amide bonds. The van der Waals surface area contributed by atoms with E-state index in [1.807, 2.05) is 32.0 Å². The maximum absolute atomic E-state index is 12.2. The van der Waals surface area contributed by atoms with E-state index >= 15 is 0 Å². The number of hydrogen-bond donors (Lipinski definition) is 1. The molecule has 0 aliphatic carbocycles. The Balaban J connectivity index is 2.09. The van der Waals surface area contributed by atoms with Crippen LogP contribution in [0.25, 0.3) is 0 Å². The average molecular weight is 283 g/mol. The Morgan fingerprint density at radius 3 is 2.29 bits per heavy atom. The predicted molar refractivity (Wildman–Crippen MR) is 79.7 cm³/mol. The number of nitrogens with zero attached hydrogens (tertiary/aromatic N) is 2. The third-order valence-electron chi connectivity index (χ3n) is 3.10. The number of hydrogen-bond acceptors (Lipinski definition) is 3. The summed E-state index contributed by atoms with van der Waals surface area (Å²) < 4.78 is 7.08. The van der Waals surface area contributed by atoms with Gasteiger partial charge in [0, 0.05) is 17.0 Å². The molecule has 1 aromatic heterocycles. The molecule has 1 N–H and O–H groups in total. The van der Waals surface area contributed by atoms with Crippen LogP contribution in [0.15, 0.2) is 36.4 Å². The molecule has 0 bridgehead atoms. The normalized spacial score (nSPS) is 11.5. The molecule has 0 saturated carbocycles. The number of rotatable bonds is 4. The van der Waals surface area contributed by atoms with E-state index < -0.39 is 6.10 Å². The van der Waals surface area contributed by atoms with Crippen molar-refractivity contribution in [2.45, 2.75) is 26.9 Å². The Morgan fingerprint density at radius 2 is 1.76 bits per heavy atom. The number of carbonyl (C=O) groups excluding carboxylic acids is 1. The zero-order chi connectivity index (χ0) is 15.4. The van der Waals surface area contributed by atoms with Gasteiger partial charge in [0.1, 0.15) is 11.8 Å². The Hall–Kier alpha value is -2.74. The van der Waals surface area contributed by atoms with Crippen molar-refractivity contribution in [1.29, 1.82) is 5.26 Å². The first-order valence-electron chi connectivity index (χ1n) is 6.64. The highest BCUT2D eigenvalue weighted by Crippen LogP contribution is 2.14. The van der Waals surface area contributed by atoms with Crippen LogP contribution in [0.3, 0.4) is 0 Å². The van der Waals surface area contributed by atoms with Crippen LogP contribution in [-0.4, -0.2) is 16.7 Å². The first-order valence-corrected chi connectivity index (χ1v) is 6.64. The average Bonchev–Trinajstić information content (AvgIpc) is 2.79. The zero-order valence-electron chi connectivity index (χ0n) is 12.3. The van der Waals surface area contributed by atoms with Gasteiger partial charge in [-0.1, -0.05) is 0 Å². The number of ether oxygens (including phenoxy) is 1. The van der Waals surface area contributed by atoms with Gasteiger partial charge >= 0.3 is 0 Å². The van der Waals surface area contributed by atoms with Gasteiger partial charge in [0.05, 0.1) is 0 Å². The molecule has 2 rings (SSSR count). The van der Waals surface area contributed by atoms with Crippen LogP contribution in [0, 0.1) is 25.2 Å². The van der Waals surface area contributed by atoms with Crippen molar-refractivity contribution in [3.63, 3.8) is 0 Å². The molecule has 0 spiro atoms. The van der Waals surface area contributed by atoms with E-state index in [2.05, 4.69) is 5.43 Å². The summed E-state index contributed by atoms with van der Waals surface area (Å²) >= 11 is 0. The van der Waals surface area contributed by atoms with Crippen molar-refractivity contribution in [3.05, 3.63) is 53.3 Å². The van der Waals surface area contributed by atoms with Gasteiger partial charge in [0.15, 0.2) is 6.10 Å². The highest BCUT2D eigenvalue weighted by atomic mass is 16.5. The van der Waals surface area contributed by atoms with E-state index in [1.165, 1.54) is 0 Å². The molecule has 0 aliphatic heterocycles. The summed E-state index contributed by atoms with van der Waals surface area (Å²) in [4.78, 5) is 12.2. The smallest absolute Gasteiger partial charge is 0.270 e. The Morgan fingerprint density at radius 1 is 1.19 bits per heavy atom. The van der Waals surface area contributed by atoms with E-state index in [-0.39, 0.29) is 5.91 Å². The molecule has 0 radical (unpaired) electrons.